The van der Waals surface area contributed by atoms with Crippen LogP contribution in [0.2, 0.25) is 0 Å². The number of rotatable bonds is 4. The quantitative estimate of drug-likeness (QED) is 0.587. The van der Waals surface area contributed by atoms with Crippen LogP contribution in [0.3, 0.4) is 0 Å². The van der Waals surface area contributed by atoms with Gasteiger partial charge in [0.15, 0.2) is 0 Å². The molecule has 1 rings (SSSR count). The summed E-state index contributed by atoms with van der Waals surface area (Å²) in [5.41, 5.74) is 0. The van der Waals surface area contributed by atoms with E-state index < -0.39 is 0 Å². The predicted molar refractivity (Wildman–Crippen MR) is 45.6 cm³/mol. The van der Waals surface area contributed by atoms with Crippen LogP contribution in [0.4, 0.5) is 0 Å². The fourth-order valence-corrected chi connectivity index (χ4v) is 1.55. The number of nitrogens with zero attached hydrogens (tertiary/aromatic N) is 1. The zero-order chi connectivity index (χ0) is 8.10. The first kappa shape index (κ1) is 8.97. The lowest BCUT2D eigenvalue weighted by Gasteiger charge is -2.19. The molecule has 1 saturated heterocycles. The second-order valence-electron chi connectivity index (χ2n) is 3.28. The van der Waals surface area contributed by atoms with E-state index in [0.29, 0.717) is 6.04 Å². The van der Waals surface area contributed by atoms with Crippen molar-refractivity contribution in [2.24, 2.45) is 0 Å². The van der Waals surface area contributed by atoms with E-state index in [1.807, 2.05) is 0 Å². The molecular weight excluding hydrogens is 140 g/mol. The van der Waals surface area contributed by atoms with Crippen LogP contribution < -0.4 is 5.32 Å². The molecule has 1 fully saturated rings. The SMILES string of the molecule is CN(CCO)C[C@H]1CCCN1. The van der Waals surface area contributed by atoms with Gasteiger partial charge >= 0.3 is 0 Å². The molecule has 0 saturated carbocycles. The van der Waals surface area contributed by atoms with Crippen molar-refractivity contribution >= 4 is 0 Å². The molecule has 0 spiro atoms. The van der Waals surface area contributed by atoms with E-state index in [1.165, 1.54) is 12.8 Å². The maximum atomic E-state index is 8.65. The summed E-state index contributed by atoms with van der Waals surface area (Å²) >= 11 is 0. The number of aliphatic hydroxyl groups excluding tert-OH is 1. The third kappa shape index (κ3) is 3.18. The molecule has 1 aliphatic rings. The minimum absolute atomic E-state index is 0.267. The Morgan fingerprint density at radius 3 is 3.00 bits per heavy atom. The molecule has 0 aromatic carbocycles. The molecule has 0 bridgehead atoms. The molecular formula is C8H18N2O. The molecule has 66 valence electrons. The van der Waals surface area contributed by atoms with E-state index in [2.05, 4.69) is 17.3 Å². The topological polar surface area (TPSA) is 35.5 Å². The highest BCUT2D eigenvalue weighted by Gasteiger charge is 2.14. The van der Waals surface area contributed by atoms with E-state index >= 15 is 0 Å². The Morgan fingerprint density at radius 1 is 1.64 bits per heavy atom. The van der Waals surface area contributed by atoms with E-state index in [9.17, 15) is 0 Å². The van der Waals surface area contributed by atoms with Crippen molar-refractivity contribution in [3.63, 3.8) is 0 Å². The highest BCUT2D eigenvalue weighted by molar-refractivity contribution is 4.76. The van der Waals surface area contributed by atoms with Crippen molar-refractivity contribution in [1.29, 1.82) is 0 Å². The van der Waals surface area contributed by atoms with Gasteiger partial charge in [-0.1, -0.05) is 0 Å². The van der Waals surface area contributed by atoms with E-state index in [4.69, 9.17) is 5.11 Å². The van der Waals surface area contributed by atoms with Crippen LogP contribution in [0.1, 0.15) is 12.8 Å². The fraction of sp³-hybridized carbons (Fsp3) is 1.00. The van der Waals surface area contributed by atoms with Crippen LogP contribution in [-0.4, -0.2) is 49.3 Å². The van der Waals surface area contributed by atoms with Gasteiger partial charge in [0.25, 0.3) is 0 Å². The van der Waals surface area contributed by atoms with Crippen LogP contribution in [0.15, 0.2) is 0 Å². The van der Waals surface area contributed by atoms with Crippen LogP contribution in [0.5, 0.6) is 0 Å². The Morgan fingerprint density at radius 2 is 2.45 bits per heavy atom. The first-order valence-electron chi connectivity index (χ1n) is 4.35. The normalized spacial score (nSPS) is 24.8. The number of likely N-dealkylation sites (N-methyl/N-ethyl adjacent to an activating group) is 1. The Labute approximate surface area is 68.4 Å². The van der Waals surface area contributed by atoms with Gasteiger partial charge in [0, 0.05) is 19.1 Å². The summed E-state index contributed by atoms with van der Waals surface area (Å²) in [7, 11) is 2.05. The van der Waals surface area contributed by atoms with Crippen molar-refractivity contribution in [2.75, 3.05) is 33.3 Å². The van der Waals surface area contributed by atoms with Gasteiger partial charge in [0.05, 0.1) is 6.61 Å². The number of hydrogen-bond acceptors (Lipinski definition) is 3. The first-order chi connectivity index (χ1) is 5.33. The molecule has 3 heteroatoms. The highest BCUT2D eigenvalue weighted by Crippen LogP contribution is 2.05. The number of aliphatic hydroxyl groups is 1. The van der Waals surface area contributed by atoms with Gasteiger partial charge in [-0.05, 0) is 26.4 Å². The third-order valence-corrected chi connectivity index (χ3v) is 2.18. The van der Waals surface area contributed by atoms with Gasteiger partial charge in [-0.25, -0.2) is 0 Å². The van der Waals surface area contributed by atoms with Crippen molar-refractivity contribution in [1.82, 2.24) is 10.2 Å². The second-order valence-corrected chi connectivity index (χ2v) is 3.28. The Kier molecular flexibility index (Phi) is 3.83. The molecule has 1 aliphatic heterocycles. The molecule has 3 nitrogen and oxygen atoms in total. The minimum Gasteiger partial charge on any atom is -0.395 e. The lowest BCUT2D eigenvalue weighted by Crippen LogP contribution is -2.36. The zero-order valence-electron chi connectivity index (χ0n) is 7.21. The van der Waals surface area contributed by atoms with Crippen LogP contribution in [-0.2, 0) is 0 Å². The van der Waals surface area contributed by atoms with E-state index in [0.717, 1.165) is 19.6 Å². The van der Waals surface area contributed by atoms with Gasteiger partial charge < -0.3 is 15.3 Å². The molecule has 0 radical (unpaired) electrons. The van der Waals surface area contributed by atoms with Gasteiger partial charge in [-0.2, -0.15) is 0 Å². The molecule has 2 N–H and O–H groups in total. The maximum absolute atomic E-state index is 8.65. The van der Waals surface area contributed by atoms with E-state index in [-0.39, 0.29) is 6.61 Å². The molecule has 0 aromatic rings. The smallest absolute Gasteiger partial charge is 0.0558 e. The highest BCUT2D eigenvalue weighted by atomic mass is 16.3. The summed E-state index contributed by atoms with van der Waals surface area (Å²) in [6, 6.07) is 0.659. The number of nitrogens with one attached hydrogen (secondary N) is 1. The summed E-state index contributed by atoms with van der Waals surface area (Å²) < 4.78 is 0. The molecule has 0 amide bonds. The first-order valence-corrected chi connectivity index (χ1v) is 4.35. The Balaban J connectivity index is 2.08. The summed E-state index contributed by atoms with van der Waals surface area (Å²) in [6.45, 7) is 3.29. The Bertz CT molecular complexity index is 102. The van der Waals surface area contributed by atoms with Gasteiger partial charge in [-0.15, -0.1) is 0 Å². The Hall–Kier alpha value is -0.120. The van der Waals surface area contributed by atoms with Crippen molar-refractivity contribution < 1.29 is 5.11 Å². The van der Waals surface area contributed by atoms with Crippen molar-refractivity contribution in [2.45, 2.75) is 18.9 Å². The largest absolute Gasteiger partial charge is 0.395 e. The molecule has 0 aromatic heterocycles. The average molecular weight is 158 g/mol. The minimum atomic E-state index is 0.267. The summed E-state index contributed by atoms with van der Waals surface area (Å²) in [4.78, 5) is 2.17. The average Bonchev–Trinajstić information content (AvgIpc) is 2.40. The summed E-state index contributed by atoms with van der Waals surface area (Å²) in [5.74, 6) is 0. The maximum Gasteiger partial charge on any atom is 0.0558 e. The molecule has 0 unspecified atom stereocenters. The monoisotopic (exact) mass is 158 g/mol. The van der Waals surface area contributed by atoms with Gasteiger partial charge in [-0.3, -0.25) is 0 Å². The number of hydrogen-bond donors (Lipinski definition) is 2. The van der Waals surface area contributed by atoms with Crippen LogP contribution in [0, 0.1) is 0 Å². The second kappa shape index (κ2) is 4.70. The van der Waals surface area contributed by atoms with Crippen LogP contribution >= 0.6 is 0 Å². The lowest BCUT2D eigenvalue weighted by atomic mass is 10.2. The van der Waals surface area contributed by atoms with Crippen molar-refractivity contribution in [3.05, 3.63) is 0 Å². The zero-order valence-corrected chi connectivity index (χ0v) is 7.21. The molecule has 1 heterocycles. The summed E-state index contributed by atoms with van der Waals surface area (Å²) in [5, 5.41) is 12.1. The van der Waals surface area contributed by atoms with Gasteiger partial charge in [0.1, 0.15) is 0 Å². The van der Waals surface area contributed by atoms with E-state index in [1.54, 1.807) is 0 Å². The molecule has 1 atom stereocenters. The van der Waals surface area contributed by atoms with Crippen molar-refractivity contribution in [3.8, 4) is 0 Å². The lowest BCUT2D eigenvalue weighted by molar-refractivity contribution is 0.211. The van der Waals surface area contributed by atoms with Crippen LogP contribution in [0.25, 0.3) is 0 Å². The molecule has 11 heavy (non-hydrogen) atoms. The fourth-order valence-electron chi connectivity index (χ4n) is 1.55. The third-order valence-electron chi connectivity index (χ3n) is 2.18. The van der Waals surface area contributed by atoms with Gasteiger partial charge in [0.2, 0.25) is 0 Å². The summed E-state index contributed by atoms with van der Waals surface area (Å²) in [6.07, 6.45) is 2.59. The standard InChI is InChI=1S/C8H18N2O/c1-10(5-6-11)7-8-3-2-4-9-8/h8-9,11H,2-7H2,1H3/t8-/m1/s1. The molecule has 0 aliphatic carbocycles. The predicted octanol–water partition coefficient (Wildman–Crippen LogP) is -0.338.